The molecule has 1 saturated carbocycles. The molecule has 19 heavy (non-hydrogen) atoms. The van der Waals surface area contributed by atoms with Gasteiger partial charge in [0.05, 0.1) is 7.11 Å². The van der Waals surface area contributed by atoms with E-state index in [1.165, 1.54) is 26.4 Å². The molecule has 0 aromatic carbocycles. The van der Waals surface area contributed by atoms with Gasteiger partial charge in [-0.05, 0) is 50.1 Å². The topological polar surface area (TPSA) is 55.6 Å². The molecule has 0 amide bonds. The molecule has 1 aliphatic carbocycles. The van der Waals surface area contributed by atoms with E-state index in [0.29, 0.717) is 17.9 Å². The number of ether oxygens (including phenoxy) is 1. The average molecular weight is 268 g/mol. The van der Waals surface area contributed by atoms with E-state index in [4.69, 9.17) is 10.5 Å². The number of nitrogens with two attached hydrogens (primary N) is 1. The van der Waals surface area contributed by atoms with Crippen LogP contribution in [0.25, 0.3) is 0 Å². The van der Waals surface area contributed by atoms with Gasteiger partial charge >= 0.3 is 5.97 Å². The molecule has 1 atom stereocenters. The number of carbonyl (C=O) groups excluding carboxylic acids is 1. The van der Waals surface area contributed by atoms with Crippen LogP contribution in [0.3, 0.4) is 0 Å². The Morgan fingerprint density at radius 2 is 2.00 bits per heavy atom. The molecule has 4 nitrogen and oxygen atoms in total. The van der Waals surface area contributed by atoms with Crippen LogP contribution in [0, 0.1) is 11.3 Å². The van der Waals surface area contributed by atoms with Crippen molar-refractivity contribution in [1.82, 2.24) is 4.90 Å². The largest absolute Gasteiger partial charge is 0.468 e. The maximum atomic E-state index is 12.0. The van der Waals surface area contributed by atoms with E-state index < -0.39 is 5.54 Å². The van der Waals surface area contributed by atoms with Crippen molar-refractivity contribution in [3.05, 3.63) is 0 Å². The highest BCUT2D eigenvalue weighted by atomic mass is 16.5. The molecule has 0 aromatic heterocycles. The van der Waals surface area contributed by atoms with Crippen LogP contribution in [0.5, 0.6) is 0 Å². The molecule has 1 aliphatic heterocycles. The summed E-state index contributed by atoms with van der Waals surface area (Å²) >= 11 is 0. The fourth-order valence-electron chi connectivity index (χ4n) is 3.12. The zero-order valence-corrected chi connectivity index (χ0v) is 12.6. The molecule has 0 bridgehead atoms. The lowest BCUT2D eigenvalue weighted by molar-refractivity contribution is -0.149. The molecule has 1 saturated heterocycles. The van der Waals surface area contributed by atoms with Gasteiger partial charge in [-0.3, -0.25) is 4.79 Å². The second kappa shape index (κ2) is 5.41. The quantitative estimate of drug-likeness (QED) is 0.772. The van der Waals surface area contributed by atoms with Crippen molar-refractivity contribution in [3.8, 4) is 0 Å². The van der Waals surface area contributed by atoms with Crippen LogP contribution in [0.2, 0.25) is 0 Å². The first-order chi connectivity index (χ1) is 8.93. The number of hydrogen-bond donors (Lipinski definition) is 1. The monoisotopic (exact) mass is 268 g/mol. The Morgan fingerprint density at radius 3 is 2.42 bits per heavy atom. The summed E-state index contributed by atoms with van der Waals surface area (Å²) in [6.07, 6.45) is 5.75. The van der Waals surface area contributed by atoms with Crippen molar-refractivity contribution >= 4 is 5.97 Å². The minimum atomic E-state index is -0.783. The Morgan fingerprint density at radius 1 is 1.42 bits per heavy atom. The summed E-state index contributed by atoms with van der Waals surface area (Å²) in [5.74, 6) is 0.0817. The van der Waals surface area contributed by atoms with Crippen LogP contribution < -0.4 is 5.73 Å². The fraction of sp³-hybridized carbons (Fsp3) is 0.933. The molecule has 0 aromatic rings. The lowest BCUT2D eigenvalue weighted by Crippen LogP contribution is -2.59. The summed E-state index contributed by atoms with van der Waals surface area (Å²) in [6.45, 7) is 7.38. The molecular weight excluding hydrogens is 240 g/mol. The van der Waals surface area contributed by atoms with Gasteiger partial charge in [0.2, 0.25) is 0 Å². The van der Waals surface area contributed by atoms with Crippen molar-refractivity contribution < 1.29 is 9.53 Å². The lowest BCUT2D eigenvalue weighted by Gasteiger charge is -2.42. The fourth-order valence-corrected chi connectivity index (χ4v) is 3.12. The van der Waals surface area contributed by atoms with Gasteiger partial charge in [0.15, 0.2) is 0 Å². The maximum absolute atomic E-state index is 12.0. The number of esters is 1. The third-order valence-corrected chi connectivity index (χ3v) is 5.27. The standard InChI is InChI=1S/C15H28N2O2/c1-4-14(2)7-9-17(10-8-14)11-15(16,12-5-6-12)13(18)19-3/h12H,4-11,16H2,1-3H3. The number of hydrogen-bond acceptors (Lipinski definition) is 4. The second-order valence-corrected chi connectivity index (χ2v) is 6.75. The summed E-state index contributed by atoms with van der Waals surface area (Å²) in [6, 6.07) is 0. The molecule has 2 aliphatic rings. The van der Waals surface area contributed by atoms with E-state index in [2.05, 4.69) is 18.7 Å². The SMILES string of the molecule is CCC1(C)CCN(CC(N)(C(=O)OC)C2CC2)CC1. The van der Waals surface area contributed by atoms with Gasteiger partial charge in [-0.25, -0.2) is 0 Å². The zero-order chi connectivity index (χ0) is 14.1. The number of likely N-dealkylation sites (tertiary alicyclic amines) is 1. The Hall–Kier alpha value is -0.610. The van der Waals surface area contributed by atoms with Crippen LogP contribution in [0.15, 0.2) is 0 Å². The number of carbonyl (C=O) groups is 1. The van der Waals surface area contributed by atoms with Gasteiger partial charge in [-0.15, -0.1) is 0 Å². The maximum Gasteiger partial charge on any atom is 0.327 e. The van der Waals surface area contributed by atoms with Crippen molar-refractivity contribution in [2.24, 2.45) is 17.1 Å². The zero-order valence-electron chi connectivity index (χ0n) is 12.6. The van der Waals surface area contributed by atoms with E-state index in [9.17, 15) is 4.79 Å². The van der Waals surface area contributed by atoms with Gasteiger partial charge in [-0.2, -0.15) is 0 Å². The van der Waals surface area contributed by atoms with Crippen LogP contribution in [0.1, 0.15) is 46.0 Å². The van der Waals surface area contributed by atoms with Gasteiger partial charge in [0.1, 0.15) is 5.54 Å². The predicted molar refractivity (Wildman–Crippen MR) is 75.7 cm³/mol. The number of rotatable bonds is 5. The van der Waals surface area contributed by atoms with Crippen LogP contribution in [0.4, 0.5) is 0 Å². The van der Waals surface area contributed by atoms with Gasteiger partial charge in [-0.1, -0.05) is 20.3 Å². The third kappa shape index (κ3) is 3.11. The van der Waals surface area contributed by atoms with Crippen molar-refractivity contribution in [3.63, 3.8) is 0 Å². The Labute approximate surface area is 116 Å². The number of nitrogens with zero attached hydrogens (tertiary/aromatic N) is 1. The summed E-state index contributed by atoms with van der Waals surface area (Å²) < 4.78 is 4.93. The smallest absolute Gasteiger partial charge is 0.327 e. The van der Waals surface area contributed by atoms with Crippen LogP contribution >= 0.6 is 0 Å². The van der Waals surface area contributed by atoms with Gasteiger partial charge < -0.3 is 15.4 Å². The number of methoxy groups -OCH3 is 1. The van der Waals surface area contributed by atoms with E-state index in [0.717, 1.165) is 25.9 Å². The summed E-state index contributed by atoms with van der Waals surface area (Å²) in [4.78, 5) is 14.4. The summed E-state index contributed by atoms with van der Waals surface area (Å²) in [7, 11) is 1.44. The highest BCUT2D eigenvalue weighted by Gasteiger charge is 2.50. The minimum Gasteiger partial charge on any atom is -0.468 e. The minimum absolute atomic E-state index is 0.237. The molecule has 2 rings (SSSR count). The first-order valence-corrected chi connectivity index (χ1v) is 7.53. The molecule has 2 fully saturated rings. The summed E-state index contributed by atoms with van der Waals surface area (Å²) in [5.41, 5.74) is 6.06. The van der Waals surface area contributed by atoms with E-state index >= 15 is 0 Å². The molecule has 1 heterocycles. The van der Waals surface area contributed by atoms with Gasteiger partial charge in [0, 0.05) is 6.54 Å². The van der Waals surface area contributed by atoms with Crippen LogP contribution in [-0.2, 0) is 9.53 Å². The molecule has 4 heteroatoms. The van der Waals surface area contributed by atoms with Crippen molar-refractivity contribution in [2.45, 2.75) is 51.5 Å². The Kier molecular flexibility index (Phi) is 4.21. The molecule has 0 radical (unpaired) electrons. The molecule has 0 spiro atoms. The summed E-state index contributed by atoms with van der Waals surface area (Å²) in [5, 5.41) is 0. The van der Waals surface area contributed by atoms with Crippen molar-refractivity contribution in [1.29, 1.82) is 0 Å². The third-order valence-electron chi connectivity index (χ3n) is 5.27. The van der Waals surface area contributed by atoms with E-state index in [1.807, 2.05) is 0 Å². The van der Waals surface area contributed by atoms with E-state index in [1.54, 1.807) is 0 Å². The first kappa shape index (κ1) is 14.8. The normalized spacial score (nSPS) is 26.7. The average Bonchev–Trinajstić information content (AvgIpc) is 3.25. The van der Waals surface area contributed by atoms with E-state index in [-0.39, 0.29) is 5.97 Å². The lowest BCUT2D eigenvalue weighted by atomic mass is 9.78. The first-order valence-electron chi connectivity index (χ1n) is 7.53. The molecular formula is C15H28N2O2. The highest BCUT2D eigenvalue weighted by molar-refractivity contribution is 5.81. The van der Waals surface area contributed by atoms with Gasteiger partial charge in [0.25, 0.3) is 0 Å². The molecule has 110 valence electrons. The highest BCUT2D eigenvalue weighted by Crippen LogP contribution is 2.41. The molecule has 1 unspecified atom stereocenters. The Bertz CT molecular complexity index is 333. The number of piperidine rings is 1. The Balaban J connectivity index is 1.94. The second-order valence-electron chi connectivity index (χ2n) is 6.75. The molecule has 2 N–H and O–H groups in total. The van der Waals surface area contributed by atoms with Crippen LogP contribution in [-0.4, -0.2) is 43.2 Å². The van der Waals surface area contributed by atoms with Crippen molar-refractivity contribution in [2.75, 3.05) is 26.7 Å². The predicted octanol–water partition coefficient (Wildman–Crippen LogP) is 1.78.